The van der Waals surface area contributed by atoms with Gasteiger partial charge in [0.1, 0.15) is 5.75 Å². The number of nitrogens with two attached hydrogens (primary N) is 2. The van der Waals surface area contributed by atoms with Gasteiger partial charge in [-0.25, -0.2) is 0 Å². The summed E-state index contributed by atoms with van der Waals surface area (Å²) in [4.78, 5) is 10.9. The van der Waals surface area contributed by atoms with E-state index in [9.17, 15) is 20.6 Å². The molecule has 0 fully saturated rings. The summed E-state index contributed by atoms with van der Waals surface area (Å²) < 4.78 is 5.30. The third kappa shape index (κ3) is 3.30. The monoisotopic (exact) mass is 387 g/mol. The average Bonchev–Trinajstić information content (AvgIpc) is 2.72. The van der Waals surface area contributed by atoms with E-state index in [-0.39, 0.29) is 29.7 Å². The number of carbonyl (C=O) groups excluding carboxylic acids is 1. The first-order chi connectivity index (χ1) is 13.9. The molecule has 146 valence electrons. The fourth-order valence-corrected chi connectivity index (χ4v) is 4.34. The van der Waals surface area contributed by atoms with Crippen molar-refractivity contribution >= 4 is 5.91 Å². The molecule has 7 heteroatoms. The molecule has 1 aromatic carbocycles. The van der Waals surface area contributed by atoms with E-state index in [4.69, 9.17) is 16.2 Å². The number of ether oxygens (including phenoxy) is 1. The van der Waals surface area contributed by atoms with Gasteiger partial charge in [-0.05, 0) is 47.9 Å². The number of carbonyl (C=O) groups is 1. The number of primary amides is 1. The largest absolute Gasteiger partial charge is 0.484 e. The van der Waals surface area contributed by atoms with Gasteiger partial charge >= 0.3 is 0 Å². The zero-order chi connectivity index (χ0) is 21.2. The van der Waals surface area contributed by atoms with E-state index < -0.39 is 11.3 Å². The van der Waals surface area contributed by atoms with Crippen molar-refractivity contribution in [3.63, 3.8) is 0 Å². The van der Waals surface area contributed by atoms with Gasteiger partial charge in [0.05, 0.1) is 29.5 Å². The molecule has 4 N–H and O–H groups in total. The first-order valence-corrected chi connectivity index (χ1v) is 9.32. The van der Waals surface area contributed by atoms with Crippen LogP contribution in [0.15, 0.2) is 47.2 Å². The van der Waals surface area contributed by atoms with Gasteiger partial charge in [0.15, 0.2) is 6.61 Å². The normalized spacial score (nSPS) is 24.9. The van der Waals surface area contributed by atoms with E-state index in [0.717, 1.165) is 18.4 Å². The minimum Gasteiger partial charge on any atom is -0.484 e. The Morgan fingerprint density at radius 3 is 2.45 bits per heavy atom. The lowest BCUT2D eigenvalue weighted by Gasteiger charge is -2.43. The molecular formula is C22H21N5O2. The molecule has 1 aromatic rings. The predicted molar refractivity (Wildman–Crippen MR) is 104 cm³/mol. The summed E-state index contributed by atoms with van der Waals surface area (Å²) in [5, 5.41) is 29.5. The number of benzene rings is 1. The molecular weight excluding hydrogens is 366 g/mol. The highest BCUT2D eigenvalue weighted by atomic mass is 16.5. The van der Waals surface area contributed by atoms with Crippen molar-refractivity contribution in [3.05, 3.63) is 52.7 Å². The number of rotatable bonds is 4. The van der Waals surface area contributed by atoms with Crippen LogP contribution in [0.4, 0.5) is 0 Å². The van der Waals surface area contributed by atoms with Gasteiger partial charge in [-0.3, -0.25) is 4.79 Å². The summed E-state index contributed by atoms with van der Waals surface area (Å²) in [5.41, 5.74) is 11.6. The van der Waals surface area contributed by atoms with E-state index in [0.29, 0.717) is 17.2 Å². The lowest BCUT2D eigenvalue weighted by molar-refractivity contribution is -0.119. The Morgan fingerprint density at radius 1 is 1.24 bits per heavy atom. The highest BCUT2D eigenvalue weighted by Crippen LogP contribution is 2.55. The molecule has 0 radical (unpaired) electrons. The molecule has 0 aromatic heterocycles. The number of allylic oxidation sites excluding steroid dienone is 3. The van der Waals surface area contributed by atoms with E-state index in [2.05, 4.69) is 25.1 Å². The van der Waals surface area contributed by atoms with Crippen LogP contribution in [-0.4, -0.2) is 12.5 Å². The molecule has 2 aliphatic carbocycles. The quantitative estimate of drug-likeness (QED) is 0.757. The summed E-state index contributed by atoms with van der Waals surface area (Å²) in [6.45, 7) is 1.89. The van der Waals surface area contributed by atoms with Crippen LogP contribution in [0.3, 0.4) is 0 Å². The smallest absolute Gasteiger partial charge is 0.255 e. The summed E-state index contributed by atoms with van der Waals surface area (Å²) in [7, 11) is 0. The predicted octanol–water partition coefficient (Wildman–Crippen LogP) is 2.39. The maximum Gasteiger partial charge on any atom is 0.255 e. The van der Waals surface area contributed by atoms with Crippen molar-refractivity contribution in [1.82, 2.24) is 0 Å². The molecule has 2 aliphatic rings. The Bertz CT molecular complexity index is 1000. The summed E-state index contributed by atoms with van der Waals surface area (Å²) >= 11 is 0. The van der Waals surface area contributed by atoms with Crippen molar-refractivity contribution in [1.29, 1.82) is 15.8 Å². The van der Waals surface area contributed by atoms with Crippen LogP contribution in [-0.2, 0) is 4.79 Å². The molecule has 0 unspecified atom stereocenters. The topological polar surface area (TPSA) is 150 Å². The fraction of sp³-hybridized carbons (Fsp3) is 0.364. The lowest BCUT2D eigenvalue weighted by atomic mass is 9.57. The molecule has 0 bridgehead atoms. The van der Waals surface area contributed by atoms with Gasteiger partial charge in [-0.2, -0.15) is 15.8 Å². The van der Waals surface area contributed by atoms with Gasteiger partial charge < -0.3 is 16.2 Å². The third-order valence-electron chi connectivity index (χ3n) is 5.71. The Labute approximate surface area is 169 Å². The van der Waals surface area contributed by atoms with Gasteiger partial charge in [-0.15, -0.1) is 0 Å². The second-order valence-electron chi connectivity index (χ2n) is 7.56. The lowest BCUT2D eigenvalue weighted by Crippen LogP contribution is -2.41. The van der Waals surface area contributed by atoms with E-state index in [1.165, 1.54) is 0 Å². The summed E-state index contributed by atoms with van der Waals surface area (Å²) in [5.74, 6) is -0.251. The Hall–Kier alpha value is -3.76. The second kappa shape index (κ2) is 7.70. The number of hydrogen-bond acceptors (Lipinski definition) is 6. The van der Waals surface area contributed by atoms with E-state index in [1.807, 2.05) is 18.2 Å². The van der Waals surface area contributed by atoms with Crippen LogP contribution >= 0.6 is 0 Å². The summed E-state index contributed by atoms with van der Waals surface area (Å²) in [6.07, 6.45) is 3.46. The van der Waals surface area contributed by atoms with E-state index in [1.54, 1.807) is 12.1 Å². The van der Waals surface area contributed by atoms with Gasteiger partial charge in [0, 0.05) is 5.92 Å². The SMILES string of the molecule is C[C@H]1CC=C2[C@H](C1)[C@@H](c1ccc(OCC(N)=O)cc1)C(C#N)=C(N)C2(C#N)C#N. The molecule has 0 aliphatic heterocycles. The number of nitriles is 3. The standard InChI is InChI=1S/C22H21N5O2/c1-13-2-7-18-16(8-13)20(17(9-23)21(27)22(18,11-24)12-25)14-3-5-15(6-4-14)29-10-19(26)28/h3-7,13,16,20H,2,8,10,27H2,1H3,(H2,26,28)/t13-,16-,20+/m0/s1. The maximum atomic E-state index is 10.9. The first-order valence-electron chi connectivity index (χ1n) is 9.32. The molecule has 7 nitrogen and oxygen atoms in total. The Balaban J connectivity index is 2.11. The Kier molecular flexibility index (Phi) is 5.31. The third-order valence-corrected chi connectivity index (χ3v) is 5.71. The van der Waals surface area contributed by atoms with Crippen molar-refractivity contribution < 1.29 is 9.53 Å². The second-order valence-corrected chi connectivity index (χ2v) is 7.56. The number of amides is 1. The average molecular weight is 387 g/mol. The summed E-state index contributed by atoms with van der Waals surface area (Å²) in [6, 6.07) is 13.3. The fourth-order valence-electron chi connectivity index (χ4n) is 4.34. The van der Waals surface area contributed by atoms with Crippen LogP contribution in [0.25, 0.3) is 0 Å². The molecule has 0 spiro atoms. The number of fused-ring (bicyclic) bond motifs is 1. The van der Waals surface area contributed by atoms with Crippen LogP contribution in [0.5, 0.6) is 5.75 Å². The molecule has 3 atom stereocenters. The number of hydrogen-bond donors (Lipinski definition) is 2. The highest BCUT2D eigenvalue weighted by molar-refractivity contribution is 5.75. The Morgan fingerprint density at radius 2 is 1.90 bits per heavy atom. The number of nitrogens with zero attached hydrogens (tertiary/aromatic N) is 3. The van der Waals surface area contributed by atoms with Crippen molar-refractivity contribution in [3.8, 4) is 24.0 Å². The maximum absolute atomic E-state index is 10.9. The molecule has 3 rings (SSSR count). The molecule has 29 heavy (non-hydrogen) atoms. The molecule has 0 heterocycles. The minimum atomic E-state index is -1.60. The van der Waals surface area contributed by atoms with E-state index >= 15 is 0 Å². The van der Waals surface area contributed by atoms with Crippen molar-refractivity contribution in [2.45, 2.75) is 25.7 Å². The first kappa shape index (κ1) is 20.0. The zero-order valence-corrected chi connectivity index (χ0v) is 16.1. The molecule has 1 amide bonds. The molecule has 0 saturated heterocycles. The molecule has 0 saturated carbocycles. The van der Waals surface area contributed by atoms with Crippen LogP contribution in [0.1, 0.15) is 31.2 Å². The highest BCUT2D eigenvalue weighted by Gasteiger charge is 2.52. The van der Waals surface area contributed by atoms with Crippen molar-refractivity contribution in [2.75, 3.05) is 6.61 Å². The van der Waals surface area contributed by atoms with Crippen LogP contribution in [0, 0.1) is 51.2 Å². The van der Waals surface area contributed by atoms with Crippen LogP contribution in [0.2, 0.25) is 0 Å². The minimum absolute atomic E-state index is 0.0149. The van der Waals surface area contributed by atoms with Gasteiger partial charge in [0.25, 0.3) is 5.91 Å². The zero-order valence-electron chi connectivity index (χ0n) is 16.1. The van der Waals surface area contributed by atoms with Gasteiger partial charge in [-0.1, -0.05) is 25.1 Å². The van der Waals surface area contributed by atoms with Gasteiger partial charge in [0.2, 0.25) is 5.41 Å². The van der Waals surface area contributed by atoms with Crippen LogP contribution < -0.4 is 16.2 Å². The van der Waals surface area contributed by atoms with Crippen molar-refractivity contribution in [2.24, 2.45) is 28.7 Å².